The minimum absolute atomic E-state index is 0.110. The van der Waals surface area contributed by atoms with Crippen molar-refractivity contribution in [1.82, 2.24) is 9.71 Å². The van der Waals surface area contributed by atoms with E-state index in [1.54, 1.807) is 18.7 Å². The number of carbonyl (C=O) groups excluding carboxylic acids is 2. The molecule has 162 valence electrons. The number of pyridine rings is 1. The van der Waals surface area contributed by atoms with Gasteiger partial charge in [-0.3, -0.25) is 4.79 Å². The third-order valence-corrected chi connectivity index (χ3v) is 6.10. The molecule has 1 aliphatic heterocycles. The van der Waals surface area contributed by atoms with Crippen LogP contribution in [-0.2, 0) is 19.6 Å². The molecule has 1 aromatic heterocycles. The van der Waals surface area contributed by atoms with Gasteiger partial charge in [0.15, 0.2) is 0 Å². The fraction of sp³-hybridized carbons (Fsp3) is 0.300. The number of nitrogens with one attached hydrogen (secondary N) is 1. The summed E-state index contributed by atoms with van der Waals surface area (Å²) in [6, 6.07) is 8.10. The molecule has 11 heteroatoms. The third kappa shape index (κ3) is 4.49. The second-order valence-electron chi connectivity index (χ2n) is 6.83. The van der Waals surface area contributed by atoms with Crippen molar-refractivity contribution in [3.8, 4) is 6.07 Å². The highest BCUT2D eigenvalue weighted by molar-refractivity contribution is 7.90. The van der Waals surface area contributed by atoms with Crippen LogP contribution < -0.4 is 9.62 Å². The van der Waals surface area contributed by atoms with Gasteiger partial charge in [0, 0.05) is 13.1 Å². The number of ether oxygens (including phenoxy) is 1. The second kappa shape index (κ2) is 8.69. The van der Waals surface area contributed by atoms with Crippen LogP contribution in [0.4, 0.5) is 10.2 Å². The number of sulfonamides is 1. The van der Waals surface area contributed by atoms with Crippen LogP contribution in [-0.4, -0.2) is 45.0 Å². The summed E-state index contributed by atoms with van der Waals surface area (Å²) in [4.78, 5) is 29.7. The zero-order valence-corrected chi connectivity index (χ0v) is 17.6. The van der Waals surface area contributed by atoms with Gasteiger partial charge in [-0.1, -0.05) is 12.1 Å². The van der Waals surface area contributed by atoms with Crippen LogP contribution in [0.5, 0.6) is 0 Å². The predicted molar refractivity (Wildman–Crippen MR) is 107 cm³/mol. The van der Waals surface area contributed by atoms with Crippen LogP contribution in [0.3, 0.4) is 0 Å². The lowest BCUT2D eigenvalue weighted by molar-refractivity contribution is -0.123. The highest BCUT2D eigenvalue weighted by atomic mass is 32.2. The molecule has 1 saturated heterocycles. The number of esters is 1. The second-order valence-corrected chi connectivity index (χ2v) is 8.48. The summed E-state index contributed by atoms with van der Waals surface area (Å²) in [5.74, 6) is -2.74. The van der Waals surface area contributed by atoms with Gasteiger partial charge in [0.25, 0.3) is 10.0 Å². The SMILES string of the molecule is CCOC(=O)c1cc(C#N)c(N2CC(C(=O)NS(=O)(=O)c3ccccc3F)C2)nc1C. The number of hydrogen-bond donors (Lipinski definition) is 1. The Labute approximate surface area is 178 Å². The van der Waals surface area contributed by atoms with Crippen LogP contribution >= 0.6 is 0 Å². The lowest BCUT2D eigenvalue weighted by Gasteiger charge is -2.39. The summed E-state index contributed by atoms with van der Waals surface area (Å²) in [7, 11) is -4.35. The van der Waals surface area contributed by atoms with Crippen molar-refractivity contribution in [2.75, 3.05) is 24.6 Å². The number of nitrogens with zero attached hydrogens (tertiary/aromatic N) is 3. The molecule has 2 heterocycles. The minimum Gasteiger partial charge on any atom is -0.462 e. The molecule has 31 heavy (non-hydrogen) atoms. The van der Waals surface area contributed by atoms with E-state index in [0.717, 1.165) is 12.1 Å². The average Bonchev–Trinajstić information content (AvgIpc) is 2.67. The average molecular weight is 446 g/mol. The number of rotatable bonds is 6. The van der Waals surface area contributed by atoms with Crippen LogP contribution in [0.1, 0.15) is 28.5 Å². The van der Waals surface area contributed by atoms with E-state index in [9.17, 15) is 27.7 Å². The first-order chi connectivity index (χ1) is 14.7. The molecular weight excluding hydrogens is 427 g/mol. The molecule has 0 unspecified atom stereocenters. The first-order valence-electron chi connectivity index (χ1n) is 9.33. The number of benzene rings is 1. The van der Waals surface area contributed by atoms with Crippen LogP contribution in [0.15, 0.2) is 35.2 Å². The molecule has 0 radical (unpaired) electrons. The Morgan fingerprint density at radius 3 is 2.65 bits per heavy atom. The molecule has 1 N–H and O–H groups in total. The van der Waals surface area contributed by atoms with Crippen molar-refractivity contribution in [3.63, 3.8) is 0 Å². The summed E-state index contributed by atoms with van der Waals surface area (Å²) in [6.45, 7) is 3.66. The Kier molecular flexibility index (Phi) is 6.21. The van der Waals surface area contributed by atoms with Crippen molar-refractivity contribution in [2.24, 2.45) is 5.92 Å². The maximum absolute atomic E-state index is 13.8. The molecule has 0 spiro atoms. The lowest BCUT2D eigenvalue weighted by atomic mass is 9.98. The molecule has 0 saturated carbocycles. The van der Waals surface area contributed by atoms with Crippen molar-refractivity contribution in [2.45, 2.75) is 18.7 Å². The van der Waals surface area contributed by atoms with Gasteiger partial charge in [-0.2, -0.15) is 5.26 Å². The molecule has 1 aliphatic rings. The van der Waals surface area contributed by atoms with Crippen molar-refractivity contribution in [3.05, 3.63) is 53.0 Å². The molecule has 0 atom stereocenters. The van der Waals surface area contributed by atoms with E-state index in [2.05, 4.69) is 4.98 Å². The zero-order chi connectivity index (χ0) is 22.8. The van der Waals surface area contributed by atoms with Crippen molar-refractivity contribution >= 4 is 27.7 Å². The topological polar surface area (TPSA) is 129 Å². The van der Waals surface area contributed by atoms with E-state index < -0.39 is 38.5 Å². The quantitative estimate of drug-likeness (QED) is 0.661. The van der Waals surface area contributed by atoms with Gasteiger partial charge in [-0.05, 0) is 32.0 Å². The van der Waals surface area contributed by atoms with Gasteiger partial charge >= 0.3 is 5.97 Å². The zero-order valence-electron chi connectivity index (χ0n) is 16.8. The molecule has 3 rings (SSSR count). The number of halogens is 1. The molecular formula is C20H19FN4O5S. The van der Waals surface area contributed by atoms with E-state index in [1.807, 2.05) is 10.8 Å². The van der Waals surface area contributed by atoms with E-state index in [-0.39, 0.29) is 36.6 Å². The van der Waals surface area contributed by atoms with E-state index >= 15 is 0 Å². The van der Waals surface area contributed by atoms with Crippen LogP contribution in [0, 0.1) is 30.0 Å². The first kappa shape index (κ1) is 22.2. The fourth-order valence-corrected chi connectivity index (χ4v) is 4.21. The van der Waals surface area contributed by atoms with Gasteiger partial charge in [-0.25, -0.2) is 27.3 Å². The Morgan fingerprint density at radius 1 is 1.35 bits per heavy atom. The summed E-state index contributed by atoms with van der Waals surface area (Å²) in [6.07, 6.45) is 0. The van der Waals surface area contributed by atoms with E-state index in [1.165, 1.54) is 18.2 Å². The van der Waals surface area contributed by atoms with Gasteiger partial charge < -0.3 is 9.64 Å². The number of aromatic nitrogens is 1. The molecule has 0 bridgehead atoms. The summed E-state index contributed by atoms with van der Waals surface area (Å²) in [5, 5.41) is 9.43. The maximum Gasteiger partial charge on any atom is 0.340 e. The Hall–Kier alpha value is -3.52. The maximum atomic E-state index is 13.8. The largest absolute Gasteiger partial charge is 0.462 e. The standard InChI is InChI=1S/C20H19FN4O5S/c1-3-30-20(27)15-8-13(9-22)18(23-12(15)2)25-10-14(11-25)19(26)24-31(28,29)17-7-5-4-6-16(17)21/h4-8,14H,3,10-11H2,1-2H3,(H,24,26). The predicted octanol–water partition coefficient (Wildman–Crippen LogP) is 1.52. The third-order valence-electron chi connectivity index (χ3n) is 4.72. The number of nitriles is 1. The first-order valence-corrected chi connectivity index (χ1v) is 10.8. The molecule has 0 aliphatic carbocycles. The number of aryl methyl sites for hydroxylation is 1. The van der Waals surface area contributed by atoms with Crippen LogP contribution in [0.25, 0.3) is 0 Å². The fourth-order valence-electron chi connectivity index (χ4n) is 3.08. The number of anilines is 1. The summed E-state index contributed by atoms with van der Waals surface area (Å²) < 4.78 is 45.1. The molecule has 1 fully saturated rings. The molecule has 1 amide bonds. The monoisotopic (exact) mass is 446 g/mol. The number of hydrogen-bond acceptors (Lipinski definition) is 8. The Bertz CT molecular complexity index is 1190. The van der Waals surface area contributed by atoms with Crippen molar-refractivity contribution < 1.29 is 27.1 Å². The lowest BCUT2D eigenvalue weighted by Crippen LogP contribution is -2.55. The Balaban J connectivity index is 1.72. The van der Waals surface area contributed by atoms with Crippen molar-refractivity contribution in [1.29, 1.82) is 5.26 Å². The minimum atomic E-state index is -4.35. The van der Waals surface area contributed by atoms with Crippen LogP contribution in [0.2, 0.25) is 0 Å². The van der Waals surface area contributed by atoms with Gasteiger partial charge in [0.05, 0.1) is 29.3 Å². The summed E-state index contributed by atoms with van der Waals surface area (Å²) >= 11 is 0. The highest BCUT2D eigenvalue weighted by Crippen LogP contribution is 2.28. The van der Waals surface area contributed by atoms with E-state index in [0.29, 0.717) is 5.69 Å². The normalized spacial score (nSPS) is 13.8. The van der Waals surface area contributed by atoms with Gasteiger partial charge in [0.1, 0.15) is 22.6 Å². The number of carbonyl (C=O) groups is 2. The molecule has 1 aromatic carbocycles. The molecule has 9 nitrogen and oxygen atoms in total. The van der Waals surface area contributed by atoms with E-state index in [4.69, 9.17) is 4.74 Å². The smallest absolute Gasteiger partial charge is 0.340 e. The number of amides is 1. The Morgan fingerprint density at radius 2 is 2.03 bits per heavy atom. The molecule has 2 aromatic rings. The highest BCUT2D eigenvalue weighted by Gasteiger charge is 2.37. The van der Waals surface area contributed by atoms with Gasteiger partial charge in [0.2, 0.25) is 5.91 Å². The van der Waals surface area contributed by atoms with Gasteiger partial charge in [-0.15, -0.1) is 0 Å². The summed E-state index contributed by atoms with van der Waals surface area (Å²) in [5.41, 5.74) is 0.668.